The molecule has 0 saturated carbocycles. The minimum Gasteiger partial charge on any atom is -0.464 e. The van der Waals surface area contributed by atoms with Crippen molar-refractivity contribution in [3.05, 3.63) is 62.9 Å². The predicted molar refractivity (Wildman–Crippen MR) is 92.7 cm³/mol. The summed E-state index contributed by atoms with van der Waals surface area (Å²) < 4.78 is 6.56. The van der Waals surface area contributed by atoms with Crippen LogP contribution in [-0.2, 0) is 11.2 Å². The van der Waals surface area contributed by atoms with Gasteiger partial charge in [0.15, 0.2) is 0 Å². The first-order valence-electron chi connectivity index (χ1n) is 6.33. The summed E-state index contributed by atoms with van der Waals surface area (Å²) in [5.74, 6) is -0.0844. The van der Waals surface area contributed by atoms with Gasteiger partial charge in [0.2, 0.25) is 5.91 Å². The highest BCUT2D eigenvalue weighted by Gasteiger charge is 2.11. The number of carbonyl (C=O) groups excluding carboxylic acids is 1. The van der Waals surface area contributed by atoms with Gasteiger partial charge < -0.3 is 9.73 Å². The molecule has 0 fully saturated rings. The molecule has 1 N–H and O–H groups in total. The smallest absolute Gasteiger partial charge is 0.228 e. The molecular formula is C16H11ClINO2. The summed E-state index contributed by atoms with van der Waals surface area (Å²) >= 11 is 8.21. The van der Waals surface area contributed by atoms with Gasteiger partial charge in [-0.2, -0.15) is 0 Å². The van der Waals surface area contributed by atoms with Crippen molar-refractivity contribution < 1.29 is 9.21 Å². The quantitative estimate of drug-likeness (QED) is 0.625. The molecule has 0 aliphatic carbocycles. The highest BCUT2D eigenvalue weighted by molar-refractivity contribution is 14.1. The van der Waals surface area contributed by atoms with Crippen molar-refractivity contribution >= 4 is 56.8 Å². The second-order valence-electron chi connectivity index (χ2n) is 4.63. The highest BCUT2D eigenvalue weighted by atomic mass is 127. The Morgan fingerprint density at radius 1 is 1.19 bits per heavy atom. The first kappa shape index (κ1) is 14.4. The molecule has 0 spiro atoms. The topological polar surface area (TPSA) is 42.2 Å². The van der Waals surface area contributed by atoms with Crippen molar-refractivity contribution in [1.29, 1.82) is 0 Å². The van der Waals surface area contributed by atoms with Gasteiger partial charge in [0.05, 0.1) is 12.7 Å². The van der Waals surface area contributed by atoms with Crippen LogP contribution in [0.2, 0.25) is 5.02 Å². The Morgan fingerprint density at radius 3 is 2.71 bits per heavy atom. The van der Waals surface area contributed by atoms with E-state index < -0.39 is 0 Å². The SMILES string of the molecule is O=C(Cc1coc2ccc(Cl)cc12)Nc1ccc(I)cc1. The maximum atomic E-state index is 12.1. The van der Waals surface area contributed by atoms with E-state index in [0.717, 1.165) is 25.8 Å². The first-order chi connectivity index (χ1) is 10.1. The van der Waals surface area contributed by atoms with E-state index in [-0.39, 0.29) is 12.3 Å². The average molecular weight is 412 g/mol. The molecule has 0 saturated heterocycles. The Balaban J connectivity index is 1.77. The number of fused-ring (bicyclic) bond motifs is 1. The lowest BCUT2D eigenvalue weighted by atomic mass is 10.1. The van der Waals surface area contributed by atoms with E-state index >= 15 is 0 Å². The lowest BCUT2D eigenvalue weighted by molar-refractivity contribution is -0.115. The minimum atomic E-state index is -0.0844. The van der Waals surface area contributed by atoms with Gasteiger partial charge >= 0.3 is 0 Å². The number of benzene rings is 2. The third-order valence-corrected chi connectivity index (χ3v) is 4.05. The van der Waals surface area contributed by atoms with E-state index in [1.807, 2.05) is 30.3 Å². The molecule has 3 rings (SSSR count). The van der Waals surface area contributed by atoms with Crippen molar-refractivity contribution in [3.8, 4) is 0 Å². The van der Waals surface area contributed by atoms with Crippen LogP contribution in [0.5, 0.6) is 0 Å². The normalized spacial score (nSPS) is 10.8. The summed E-state index contributed by atoms with van der Waals surface area (Å²) in [5.41, 5.74) is 2.35. The largest absolute Gasteiger partial charge is 0.464 e. The van der Waals surface area contributed by atoms with Gasteiger partial charge in [-0.05, 0) is 65.1 Å². The number of amides is 1. The van der Waals surface area contributed by atoms with E-state index in [1.165, 1.54) is 0 Å². The monoisotopic (exact) mass is 411 g/mol. The first-order valence-corrected chi connectivity index (χ1v) is 7.78. The number of nitrogens with one attached hydrogen (secondary N) is 1. The molecule has 0 aliphatic heterocycles. The standard InChI is InChI=1S/C16H11ClINO2/c17-11-1-6-15-14(8-11)10(9-21-15)7-16(20)19-13-4-2-12(18)3-5-13/h1-6,8-9H,7H2,(H,19,20). The summed E-state index contributed by atoms with van der Waals surface area (Å²) in [6.45, 7) is 0. The summed E-state index contributed by atoms with van der Waals surface area (Å²) in [6, 6.07) is 13.0. The summed E-state index contributed by atoms with van der Waals surface area (Å²) in [4.78, 5) is 12.1. The van der Waals surface area contributed by atoms with Gasteiger partial charge in [0.25, 0.3) is 0 Å². The molecule has 0 radical (unpaired) electrons. The van der Waals surface area contributed by atoms with E-state index in [4.69, 9.17) is 16.0 Å². The number of rotatable bonds is 3. The number of hydrogen-bond acceptors (Lipinski definition) is 2. The number of anilines is 1. The summed E-state index contributed by atoms with van der Waals surface area (Å²) in [6.07, 6.45) is 1.85. The van der Waals surface area contributed by atoms with Gasteiger partial charge in [-0.1, -0.05) is 11.6 Å². The molecule has 0 aliphatic rings. The molecule has 2 aromatic carbocycles. The van der Waals surface area contributed by atoms with Crippen LogP contribution in [0.1, 0.15) is 5.56 Å². The highest BCUT2D eigenvalue weighted by Crippen LogP contribution is 2.25. The number of furan rings is 1. The zero-order chi connectivity index (χ0) is 14.8. The summed E-state index contributed by atoms with van der Waals surface area (Å²) in [5, 5.41) is 4.37. The van der Waals surface area contributed by atoms with Crippen LogP contribution in [0.3, 0.4) is 0 Å². The van der Waals surface area contributed by atoms with Crippen molar-refractivity contribution in [2.75, 3.05) is 5.32 Å². The zero-order valence-corrected chi connectivity index (χ0v) is 13.8. The number of carbonyl (C=O) groups is 1. The van der Waals surface area contributed by atoms with E-state index in [2.05, 4.69) is 27.9 Å². The zero-order valence-electron chi connectivity index (χ0n) is 10.9. The Labute approximate surface area is 140 Å². The predicted octanol–water partition coefficient (Wildman–Crippen LogP) is 4.87. The Hall–Kier alpha value is -1.53. The van der Waals surface area contributed by atoms with Crippen LogP contribution < -0.4 is 5.32 Å². The number of halogens is 2. The van der Waals surface area contributed by atoms with Crippen LogP contribution in [0, 0.1) is 3.57 Å². The van der Waals surface area contributed by atoms with Crippen LogP contribution >= 0.6 is 34.2 Å². The second-order valence-corrected chi connectivity index (χ2v) is 6.32. The average Bonchev–Trinajstić information content (AvgIpc) is 2.84. The van der Waals surface area contributed by atoms with Gasteiger partial charge in [-0.15, -0.1) is 0 Å². The van der Waals surface area contributed by atoms with Crippen LogP contribution in [0.4, 0.5) is 5.69 Å². The van der Waals surface area contributed by atoms with Gasteiger partial charge in [-0.3, -0.25) is 4.79 Å². The summed E-state index contributed by atoms with van der Waals surface area (Å²) in [7, 11) is 0. The Morgan fingerprint density at radius 2 is 1.95 bits per heavy atom. The molecule has 3 aromatic rings. The number of hydrogen-bond donors (Lipinski definition) is 1. The molecule has 21 heavy (non-hydrogen) atoms. The van der Waals surface area contributed by atoms with E-state index in [0.29, 0.717) is 5.02 Å². The van der Waals surface area contributed by atoms with Crippen molar-refractivity contribution in [2.45, 2.75) is 6.42 Å². The molecular weight excluding hydrogens is 401 g/mol. The fraction of sp³-hybridized carbons (Fsp3) is 0.0625. The van der Waals surface area contributed by atoms with E-state index in [9.17, 15) is 4.79 Å². The van der Waals surface area contributed by atoms with Gasteiger partial charge in [0.1, 0.15) is 5.58 Å². The van der Waals surface area contributed by atoms with Crippen LogP contribution in [0.25, 0.3) is 11.0 Å². The van der Waals surface area contributed by atoms with Crippen molar-refractivity contribution in [1.82, 2.24) is 0 Å². The molecule has 1 amide bonds. The van der Waals surface area contributed by atoms with Crippen LogP contribution in [-0.4, -0.2) is 5.91 Å². The molecule has 1 aromatic heterocycles. The fourth-order valence-corrected chi connectivity index (χ4v) is 2.63. The lowest BCUT2D eigenvalue weighted by Crippen LogP contribution is -2.14. The molecule has 0 unspecified atom stereocenters. The maximum absolute atomic E-state index is 12.1. The molecule has 5 heteroatoms. The van der Waals surface area contributed by atoms with Crippen LogP contribution in [0.15, 0.2) is 53.1 Å². The van der Waals surface area contributed by atoms with Gasteiger partial charge in [-0.25, -0.2) is 0 Å². The molecule has 0 bridgehead atoms. The lowest BCUT2D eigenvalue weighted by Gasteiger charge is -2.04. The molecule has 0 atom stereocenters. The van der Waals surface area contributed by atoms with Gasteiger partial charge in [0, 0.05) is 25.2 Å². The Bertz CT molecular complexity index is 796. The Kier molecular flexibility index (Phi) is 4.17. The molecule has 3 nitrogen and oxygen atoms in total. The van der Waals surface area contributed by atoms with E-state index in [1.54, 1.807) is 18.4 Å². The second kappa shape index (κ2) is 6.07. The fourth-order valence-electron chi connectivity index (χ4n) is 2.10. The molecule has 106 valence electrons. The van der Waals surface area contributed by atoms with Crippen molar-refractivity contribution in [2.24, 2.45) is 0 Å². The maximum Gasteiger partial charge on any atom is 0.228 e. The van der Waals surface area contributed by atoms with Crippen molar-refractivity contribution in [3.63, 3.8) is 0 Å². The third-order valence-electron chi connectivity index (χ3n) is 3.09. The third kappa shape index (κ3) is 3.39. The minimum absolute atomic E-state index is 0.0844. The molecule has 1 heterocycles.